The molecule has 6 nitrogen and oxygen atoms in total. The van der Waals surface area contributed by atoms with Gasteiger partial charge in [0.05, 0.1) is 25.4 Å². The Morgan fingerprint density at radius 2 is 1.61 bits per heavy atom. The summed E-state index contributed by atoms with van der Waals surface area (Å²) in [5.74, 6) is -0.624. The number of rotatable bonds is 9. The lowest BCUT2D eigenvalue weighted by Crippen LogP contribution is -2.65. The fourth-order valence-electron chi connectivity index (χ4n) is 5.99. The van der Waals surface area contributed by atoms with E-state index in [1.165, 1.54) is 5.56 Å². The monoisotopic (exact) mass is 479 g/mol. The maximum atomic E-state index is 7.17. The molecule has 2 heterocycles. The Hall–Kier alpha value is -0.803. The van der Waals surface area contributed by atoms with Crippen LogP contribution in [-0.4, -0.2) is 63.8 Å². The molecule has 0 N–H and O–H groups in total. The zero-order valence-corrected chi connectivity index (χ0v) is 23.0. The third kappa shape index (κ3) is 5.72. The fraction of sp³-hybridized carbons (Fsp3) is 0.769. The average Bonchev–Trinajstić information content (AvgIpc) is 3.11. The molecule has 188 valence electrons. The first kappa shape index (κ1) is 26.8. The SMILES string of the molecule is CO[C@H]1[C@@H]([C@H]2COC(C)(C)O2)N(Cc2ccccc2)OC[C@@H]1O[Si](C(C)C)(C(C)C)C(C)C. The first-order valence-electron chi connectivity index (χ1n) is 12.5. The van der Waals surface area contributed by atoms with E-state index in [4.69, 9.17) is 23.5 Å². The number of hydroxylamine groups is 2. The number of benzene rings is 1. The number of hydrogen-bond acceptors (Lipinski definition) is 6. The molecular formula is C26H45NO5Si. The fourth-order valence-corrected chi connectivity index (χ4v) is 11.5. The molecule has 33 heavy (non-hydrogen) atoms. The van der Waals surface area contributed by atoms with Crippen molar-refractivity contribution in [2.75, 3.05) is 20.3 Å². The van der Waals surface area contributed by atoms with Crippen LogP contribution in [0.2, 0.25) is 16.6 Å². The Labute approximate surface area is 202 Å². The molecule has 1 aromatic carbocycles. The summed E-state index contributed by atoms with van der Waals surface area (Å²) in [7, 11) is -0.335. The third-order valence-electron chi connectivity index (χ3n) is 7.37. The maximum Gasteiger partial charge on any atom is 0.201 e. The average molecular weight is 480 g/mol. The van der Waals surface area contributed by atoms with Gasteiger partial charge in [0.15, 0.2) is 5.79 Å². The molecule has 0 radical (unpaired) electrons. The van der Waals surface area contributed by atoms with Gasteiger partial charge in [0.2, 0.25) is 8.32 Å². The summed E-state index contributed by atoms with van der Waals surface area (Å²) in [5.41, 5.74) is 2.65. The highest BCUT2D eigenvalue weighted by molar-refractivity contribution is 6.77. The second kappa shape index (κ2) is 10.9. The van der Waals surface area contributed by atoms with Crippen molar-refractivity contribution in [2.24, 2.45) is 0 Å². The molecule has 0 amide bonds. The zero-order chi connectivity index (χ0) is 24.4. The second-order valence-corrected chi connectivity index (χ2v) is 16.3. The van der Waals surface area contributed by atoms with E-state index in [0.29, 0.717) is 36.4 Å². The molecule has 0 unspecified atom stereocenters. The molecule has 0 saturated carbocycles. The van der Waals surface area contributed by atoms with Gasteiger partial charge >= 0.3 is 0 Å². The van der Waals surface area contributed by atoms with Gasteiger partial charge in [0, 0.05) is 13.7 Å². The van der Waals surface area contributed by atoms with Crippen molar-refractivity contribution in [2.45, 2.75) is 109 Å². The first-order valence-corrected chi connectivity index (χ1v) is 14.6. The van der Waals surface area contributed by atoms with Crippen LogP contribution in [0.25, 0.3) is 0 Å². The van der Waals surface area contributed by atoms with Crippen molar-refractivity contribution in [3.8, 4) is 0 Å². The maximum absolute atomic E-state index is 7.17. The minimum absolute atomic E-state index is 0.145. The summed E-state index contributed by atoms with van der Waals surface area (Å²) in [6.07, 6.45) is -0.514. The number of nitrogens with zero attached hydrogens (tertiary/aromatic N) is 1. The van der Waals surface area contributed by atoms with Gasteiger partial charge in [0.25, 0.3) is 0 Å². The van der Waals surface area contributed by atoms with Crippen LogP contribution in [0.15, 0.2) is 30.3 Å². The Bertz CT molecular complexity index is 720. The predicted molar refractivity (Wildman–Crippen MR) is 133 cm³/mol. The Balaban J connectivity index is 1.92. The summed E-state index contributed by atoms with van der Waals surface area (Å²) in [4.78, 5) is 6.42. The van der Waals surface area contributed by atoms with Crippen molar-refractivity contribution in [3.63, 3.8) is 0 Å². The van der Waals surface area contributed by atoms with Crippen LogP contribution in [0.3, 0.4) is 0 Å². The Kier molecular flexibility index (Phi) is 8.81. The minimum atomic E-state index is -2.12. The van der Waals surface area contributed by atoms with Crippen molar-refractivity contribution >= 4 is 8.32 Å². The van der Waals surface area contributed by atoms with E-state index >= 15 is 0 Å². The van der Waals surface area contributed by atoms with Crippen molar-refractivity contribution in [1.29, 1.82) is 0 Å². The van der Waals surface area contributed by atoms with E-state index in [1.54, 1.807) is 7.11 Å². The Morgan fingerprint density at radius 3 is 2.09 bits per heavy atom. The second-order valence-electron chi connectivity index (χ2n) is 10.9. The highest BCUT2D eigenvalue weighted by atomic mass is 28.4. The summed E-state index contributed by atoms with van der Waals surface area (Å²) < 4.78 is 25.7. The highest BCUT2D eigenvalue weighted by Crippen LogP contribution is 2.44. The van der Waals surface area contributed by atoms with Gasteiger partial charge in [-0.2, -0.15) is 5.06 Å². The van der Waals surface area contributed by atoms with Gasteiger partial charge < -0.3 is 18.6 Å². The molecule has 7 heteroatoms. The summed E-state index contributed by atoms with van der Waals surface area (Å²) in [5, 5.41) is 2.03. The van der Waals surface area contributed by atoms with Crippen molar-refractivity contribution < 1.29 is 23.5 Å². The smallest absolute Gasteiger partial charge is 0.201 e. The lowest BCUT2D eigenvalue weighted by molar-refractivity contribution is -0.298. The molecule has 4 atom stereocenters. The summed E-state index contributed by atoms with van der Waals surface area (Å²) in [6, 6.07) is 10.2. The standard InChI is InChI=1S/C26H45NO5Si/c1-18(2)33(19(3)4,20(5)6)32-23-17-30-27(15-21-13-11-10-12-14-21)24(25(23)28-9)22-16-29-26(7,8)31-22/h10-14,18-20,22-25H,15-17H2,1-9H3/t22-,23+,24-,25-/m1/s1. The van der Waals surface area contributed by atoms with Gasteiger partial charge in [-0.1, -0.05) is 71.9 Å². The van der Waals surface area contributed by atoms with Gasteiger partial charge in [-0.05, 0) is 36.0 Å². The number of hydrogen-bond donors (Lipinski definition) is 0. The molecule has 0 bridgehead atoms. The molecule has 0 aromatic heterocycles. The number of ether oxygens (including phenoxy) is 3. The third-order valence-corrected chi connectivity index (χ3v) is 13.5. The quantitative estimate of drug-likeness (QED) is 0.434. The van der Waals surface area contributed by atoms with E-state index in [2.05, 4.69) is 65.8 Å². The molecule has 2 aliphatic heterocycles. The van der Waals surface area contributed by atoms with Crippen LogP contribution >= 0.6 is 0 Å². The van der Waals surface area contributed by atoms with Gasteiger partial charge in [-0.25, -0.2) is 0 Å². The normalized spacial score (nSPS) is 28.8. The molecule has 3 rings (SSSR count). The predicted octanol–water partition coefficient (Wildman–Crippen LogP) is 5.53. The highest BCUT2D eigenvalue weighted by Gasteiger charge is 2.53. The van der Waals surface area contributed by atoms with Crippen LogP contribution in [-0.2, 0) is 30.0 Å². The molecule has 1 aromatic rings. The van der Waals surface area contributed by atoms with E-state index in [9.17, 15) is 0 Å². The van der Waals surface area contributed by atoms with Crippen LogP contribution in [0, 0.1) is 0 Å². The van der Waals surface area contributed by atoms with E-state index < -0.39 is 14.1 Å². The summed E-state index contributed by atoms with van der Waals surface area (Å²) >= 11 is 0. The molecule has 2 aliphatic rings. The largest absolute Gasteiger partial charge is 0.408 e. The van der Waals surface area contributed by atoms with Crippen LogP contribution in [0.4, 0.5) is 0 Å². The first-order chi connectivity index (χ1) is 15.5. The Morgan fingerprint density at radius 1 is 1.00 bits per heavy atom. The molecule has 2 fully saturated rings. The van der Waals surface area contributed by atoms with Crippen molar-refractivity contribution in [1.82, 2.24) is 5.06 Å². The zero-order valence-electron chi connectivity index (χ0n) is 22.0. The molecule has 0 aliphatic carbocycles. The molecule has 2 saturated heterocycles. The lowest BCUT2D eigenvalue weighted by atomic mass is 9.98. The van der Waals surface area contributed by atoms with Crippen LogP contribution in [0.5, 0.6) is 0 Å². The van der Waals surface area contributed by atoms with Crippen LogP contribution < -0.4 is 0 Å². The topological polar surface area (TPSA) is 49.4 Å². The van der Waals surface area contributed by atoms with E-state index in [-0.39, 0.29) is 24.4 Å². The summed E-state index contributed by atoms with van der Waals surface area (Å²) in [6.45, 7) is 19.4. The minimum Gasteiger partial charge on any atom is -0.408 e. The van der Waals surface area contributed by atoms with Gasteiger partial charge in [0.1, 0.15) is 12.2 Å². The van der Waals surface area contributed by atoms with Gasteiger partial charge in [-0.3, -0.25) is 4.84 Å². The van der Waals surface area contributed by atoms with Crippen molar-refractivity contribution in [3.05, 3.63) is 35.9 Å². The molecular weight excluding hydrogens is 434 g/mol. The lowest BCUT2D eigenvalue weighted by Gasteiger charge is -2.51. The number of methoxy groups -OCH3 is 1. The van der Waals surface area contributed by atoms with Gasteiger partial charge in [-0.15, -0.1) is 0 Å². The van der Waals surface area contributed by atoms with Crippen LogP contribution in [0.1, 0.15) is 61.0 Å². The van der Waals surface area contributed by atoms with E-state index in [1.807, 2.05) is 25.0 Å². The van der Waals surface area contributed by atoms with E-state index in [0.717, 1.165) is 0 Å². The molecule has 0 spiro atoms.